The molecule has 1 saturated heterocycles. The van der Waals surface area contributed by atoms with E-state index in [0.29, 0.717) is 12.7 Å². The van der Waals surface area contributed by atoms with Gasteiger partial charge < -0.3 is 15.2 Å². The van der Waals surface area contributed by atoms with Crippen molar-refractivity contribution in [2.45, 2.75) is 18.9 Å². The molecule has 1 aliphatic rings. The highest BCUT2D eigenvalue weighted by Gasteiger charge is 2.22. The fourth-order valence-corrected chi connectivity index (χ4v) is 1.45. The zero-order valence-corrected chi connectivity index (χ0v) is 8.82. The number of hydrogen-bond acceptors (Lipinski definition) is 3. The van der Waals surface area contributed by atoms with Crippen LogP contribution in [-0.2, 0) is 11.2 Å². The van der Waals surface area contributed by atoms with Gasteiger partial charge in [0, 0.05) is 0 Å². The molecule has 3 heteroatoms. The van der Waals surface area contributed by atoms with Crippen LogP contribution in [0.5, 0.6) is 5.75 Å². The highest BCUT2D eigenvalue weighted by Crippen LogP contribution is 2.17. The van der Waals surface area contributed by atoms with Crippen molar-refractivity contribution in [3.8, 4) is 5.75 Å². The van der Waals surface area contributed by atoms with Crippen LogP contribution in [0.2, 0.25) is 0 Å². The van der Waals surface area contributed by atoms with Gasteiger partial charge >= 0.3 is 0 Å². The van der Waals surface area contributed by atoms with E-state index in [-0.39, 0.29) is 0 Å². The smallest absolute Gasteiger partial charge is 0.119 e. The molecule has 15 heavy (non-hydrogen) atoms. The maximum atomic E-state index is 5.59. The van der Waals surface area contributed by atoms with E-state index in [1.165, 1.54) is 5.56 Å². The van der Waals surface area contributed by atoms with Gasteiger partial charge in [0.2, 0.25) is 0 Å². The first-order chi connectivity index (χ1) is 7.38. The van der Waals surface area contributed by atoms with Crippen LogP contribution in [0, 0.1) is 0 Å². The normalized spacial score (nSPS) is 18.9. The zero-order chi connectivity index (χ0) is 10.5. The molecule has 1 atom stereocenters. The number of rotatable bonds is 6. The summed E-state index contributed by atoms with van der Waals surface area (Å²) >= 11 is 0. The minimum absolute atomic E-state index is 0.317. The molecule has 1 heterocycles. The molecule has 0 spiro atoms. The van der Waals surface area contributed by atoms with Crippen LogP contribution >= 0.6 is 0 Å². The number of hydrogen-bond donors (Lipinski definition) is 1. The summed E-state index contributed by atoms with van der Waals surface area (Å²) in [5.41, 5.74) is 6.76. The Balaban J connectivity index is 1.85. The Morgan fingerprint density at radius 3 is 3.07 bits per heavy atom. The lowest BCUT2D eigenvalue weighted by molar-refractivity contribution is 0.263. The first kappa shape index (κ1) is 10.5. The van der Waals surface area contributed by atoms with Gasteiger partial charge in [-0.2, -0.15) is 0 Å². The van der Waals surface area contributed by atoms with Crippen molar-refractivity contribution in [3.05, 3.63) is 29.8 Å². The Labute approximate surface area is 90.2 Å². The van der Waals surface area contributed by atoms with Crippen LogP contribution in [-0.4, -0.2) is 25.9 Å². The van der Waals surface area contributed by atoms with E-state index in [2.05, 4.69) is 12.1 Å². The molecule has 0 aliphatic carbocycles. The van der Waals surface area contributed by atoms with E-state index < -0.39 is 0 Å². The van der Waals surface area contributed by atoms with Crippen molar-refractivity contribution in [3.63, 3.8) is 0 Å². The molecule has 2 N–H and O–H groups in total. The third-order valence-corrected chi connectivity index (χ3v) is 2.41. The number of ether oxygens (including phenoxy) is 2. The summed E-state index contributed by atoms with van der Waals surface area (Å²) in [5.74, 6) is 0.931. The van der Waals surface area contributed by atoms with E-state index in [0.717, 1.165) is 31.7 Å². The predicted molar refractivity (Wildman–Crippen MR) is 59.1 cm³/mol. The van der Waals surface area contributed by atoms with Crippen molar-refractivity contribution < 1.29 is 9.47 Å². The molecule has 0 amide bonds. The molecule has 0 saturated carbocycles. The molecular formula is C12H17NO2. The first-order valence-electron chi connectivity index (χ1n) is 5.42. The lowest BCUT2D eigenvalue weighted by Crippen LogP contribution is -2.04. The molecule has 0 aromatic heterocycles. The lowest BCUT2D eigenvalue weighted by Gasteiger charge is -2.06. The highest BCUT2D eigenvalue weighted by atomic mass is 16.6. The van der Waals surface area contributed by atoms with Crippen LogP contribution in [0.1, 0.15) is 12.0 Å². The average Bonchev–Trinajstić information content (AvgIpc) is 3.08. The molecule has 1 fully saturated rings. The van der Waals surface area contributed by atoms with Gasteiger partial charge in [-0.3, -0.25) is 0 Å². The summed E-state index contributed by atoms with van der Waals surface area (Å²) in [7, 11) is 0. The lowest BCUT2D eigenvalue weighted by atomic mass is 10.1. The molecule has 1 aromatic carbocycles. The van der Waals surface area contributed by atoms with Gasteiger partial charge in [0.05, 0.1) is 6.61 Å². The third kappa shape index (κ3) is 3.53. The second kappa shape index (κ2) is 5.14. The molecule has 0 radical (unpaired) electrons. The molecule has 3 nitrogen and oxygen atoms in total. The SMILES string of the molecule is NCCCc1cccc(OCC2CO2)c1. The molecule has 1 aliphatic heterocycles. The minimum atomic E-state index is 0.317. The van der Waals surface area contributed by atoms with Gasteiger partial charge in [0.25, 0.3) is 0 Å². The fourth-order valence-electron chi connectivity index (χ4n) is 1.45. The van der Waals surface area contributed by atoms with Crippen molar-refractivity contribution in [2.24, 2.45) is 5.73 Å². The molecule has 0 bridgehead atoms. The van der Waals surface area contributed by atoms with E-state index >= 15 is 0 Å². The van der Waals surface area contributed by atoms with Gasteiger partial charge in [0.1, 0.15) is 18.5 Å². The molecule has 82 valence electrons. The summed E-state index contributed by atoms with van der Waals surface area (Å²) in [6.07, 6.45) is 2.36. The zero-order valence-electron chi connectivity index (χ0n) is 8.82. The number of aryl methyl sites for hydroxylation is 1. The Hall–Kier alpha value is -1.06. The van der Waals surface area contributed by atoms with Crippen molar-refractivity contribution in [1.29, 1.82) is 0 Å². The van der Waals surface area contributed by atoms with Gasteiger partial charge in [-0.05, 0) is 37.1 Å². The standard InChI is InChI=1S/C12H17NO2/c13-6-2-4-10-3-1-5-11(7-10)14-8-12-9-15-12/h1,3,5,7,12H,2,4,6,8-9,13H2. The monoisotopic (exact) mass is 207 g/mol. The molecule has 1 unspecified atom stereocenters. The van der Waals surface area contributed by atoms with Crippen LogP contribution in [0.3, 0.4) is 0 Å². The van der Waals surface area contributed by atoms with E-state index in [4.69, 9.17) is 15.2 Å². The molecular weight excluding hydrogens is 190 g/mol. The summed E-state index contributed by atoms with van der Waals surface area (Å²) in [5, 5.41) is 0. The highest BCUT2D eigenvalue weighted by molar-refractivity contribution is 5.28. The predicted octanol–water partition coefficient (Wildman–Crippen LogP) is 1.36. The summed E-state index contributed by atoms with van der Waals surface area (Å²) < 4.78 is 10.7. The van der Waals surface area contributed by atoms with Gasteiger partial charge in [-0.1, -0.05) is 12.1 Å². The van der Waals surface area contributed by atoms with Crippen molar-refractivity contribution in [2.75, 3.05) is 19.8 Å². The maximum absolute atomic E-state index is 5.59. The van der Waals surface area contributed by atoms with Gasteiger partial charge in [-0.15, -0.1) is 0 Å². The van der Waals surface area contributed by atoms with Crippen LogP contribution in [0.4, 0.5) is 0 Å². The summed E-state index contributed by atoms with van der Waals surface area (Å²) in [4.78, 5) is 0. The second-order valence-corrected chi connectivity index (χ2v) is 3.81. The number of benzene rings is 1. The van der Waals surface area contributed by atoms with Crippen molar-refractivity contribution >= 4 is 0 Å². The largest absolute Gasteiger partial charge is 0.491 e. The quantitative estimate of drug-likeness (QED) is 0.716. The third-order valence-electron chi connectivity index (χ3n) is 2.41. The topological polar surface area (TPSA) is 47.8 Å². The van der Waals surface area contributed by atoms with E-state index in [9.17, 15) is 0 Å². The first-order valence-corrected chi connectivity index (χ1v) is 5.42. The number of epoxide rings is 1. The Morgan fingerprint density at radius 2 is 2.33 bits per heavy atom. The molecule has 2 rings (SSSR count). The Kier molecular flexibility index (Phi) is 3.59. The van der Waals surface area contributed by atoms with Gasteiger partial charge in [0.15, 0.2) is 0 Å². The Morgan fingerprint density at radius 1 is 1.47 bits per heavy atom. The maximum Gasteiger partial charge on any atom is 0.119 e. The van der Waals surface area contributed by atoms with E-state index in [1.54, 1.807) is 0 Å². The van der Waals surface area contributed by atoms with Crippen LogP contribution in [0.15, 0.2) is 24.3 Å². The number of nitrogens with two attached hydrogens (primary N) is 1. The Bertz CT molecular complexity index is 310. The van der Waals surface area contributed by atoms with E-state index in [1.807, 2.05) is 12.1 Å². The summed E-state index contributed by atoms with van der Waals surface area (Å²) in [6, 6.07) is 8.19. The molecule has 1 aromatic rings. The van der Waals surface area contributed by atoms with Crippen LogP contribution in [0.25, 0.3) is 0 Å². The second-order valence-electron chi connectivity index (χ2n) is 3.81. The fraction of sp³-hybridized carbons (Fsp3) is 0.500. The van der Waals surface area contributed by atoms with Crippen molar-refractivity contribution in [1.82, 2.24) is 0 Å². The minimum Gasteiger partial charge on any atom is -0.491 e. The summed E-state index contributed by atoms with van der Waals surface area (Å²) in [6.45, 7) is 2.24. The van der Waals surface area contributed by atoms with Crippen LogP contribution < -0.4 is 10.5 Å². The van der Waals surface area contributed by atoms with Gasteiger partial charge in [-0.25, -0.2) is 0 Å². The average molecular weight is 207 g/mol.